The van der Waals surface area contributed by atoms with E-state index in [9.17, 15) is 13.2 Å². The summed E-state index contributed by atoms with van der Waals surface area (Å²) in [5.41, 5.74) is 1.85. The van der Waals surface area contributed by atoms with Crippen molar-refractivity contribution in [3.8, 4) is 15.6 Å². The minimum atomic E-state index is -3.76. The van der Waals surface area contributed by atoms with Gasteiger partial charge in [0, 0.05) is 47.5 Å². The lowest BCUT2D eigenvalue weighted by molar-refractivity contribution is 0.146. The molecule has 0 radical (unpaired) electrons. The van der Waals surface area contributed by atoms with E-state index in [2.05, 4.69) is 14.7 Å². The Balaban J connectivity index is 1.49. The van der Waals surface area contributed by atoms with Gasteiger partial charge in [-0.15, -0.1) is 22.7 Å². The molecule has 4 rings (SSSR count). The molecule has 0 aliphatic rings. The maximum absolute atomic E-state index is 13.4. The zero-order chi connectivity index (χ0) is 24.0. The average Bonchev–Trinajstić information content (AvgIpc) is 3.52. The smallest absolute Gasteiger partial charge is 0.449 e. The van der Waals surface area contributed by atoms with Crippen molar-refractivity contribution in [2.24, 2.45) is 0 Å². The van der Waals surface area contributed by atoms with Gasteiger partial charge in [-0.05, 0) is 42.7 Å². The molecule has 0 atom stereocenters. The van der Waals surface area contributed by atoms with Crippen molar-refractivity contribution in [2.75, 3.05) is 6.54 Å². The fourth-order valence-corrected chi connectivity index (χ4v) is 6.28. The molecule has 176 valence electrons. The molecule has 1 aromatic carbocycles. The number of thiophene rings is 1. The van der Waals surface area contributed by atoms with E-state index in [0.29, 0.717) is 24.4 Å². The molecule has 3 aromatic heterocycles. The highest BCUT2D eigenvalue weighted by atomic mass is 32.2. The summed E-state index contributed by atoms with van der Waals surface area (Å²) in [5, 5.41) is 11.9. The first-order valence-electron chi connectivity index (χ1n) is 10.3. The molecule has 0 aliphatic heterocycles. The number of hydrogen-bond donors (Lipinski definition) is 1. The van der Waals surface area contributed by atoms with E-state index in [-0.39, 0.29) is 11.4 Å². The molecule has 0 spiro atoms. The standard InChI is InChI=1S/C23H21N3O5S3/c27-23(28)31-21-10-9-19(33-21)3-2-13-26(34(29,30)20-4-1-11-24-15-20)16-17-5-7-18(8-6-17)22-25-12-14-32-22/h1,4-12,14-15H,2-3,13,16H2,(H,27,28). The summed E-state index contributed by atoms with van der Waals surface area (Å²) in [7, 11) is -3.76. The molecule has 3 heterocycles. The van der Waals surface area contributed by atoms with Crippen LogP contribution in [0, 0.1) is 0 Å². The Morgan fingerprint density at radius 2 is 1.91 bits per heavy atom. The summed E-state index contributed by atoms with van der Waals surface area (Å²) in [5.74, 6) is 0. The van der Waals surface area contributed by atoms with Crippen LogP contribution in [0.15, 0.2) is 77.4 Å². The molecule has 1 N–H and O–H groups in total. The van der Waals surface area contributed by atoms with Crippen LogP contribution in [0.5, 0.6) is 5.06 Å². The molecular formula is C23H21N3O5S3. The number of aryl methyl sites for hydroxylation is 1. The van der Waals surface area contributed by atoms with Crippen molar-refractivity contribution >= 4 is 38.9 Å². The van der Waals surface area contributed by atoms with Crippen LogP contribution in [0.25, 0.3) is 10.6 Å². The molecule has 0 amide bonds. The van der Waals surface area contributed by atoms with Crippen molar-refractivity contribution in [3.63, 3.8) is 0 Å². The summed E-state index contributed by atoms with van der Waals surface area (Å²) < 4.78 is 32.8. The highest BCUT2D eigenvalue weighted by Crippen LogP contribution is 2.27. The minimum Gasteiger partial charge on any atom is -0.449 e. The number of carbonyl (C=O) groups is 1. The maximum atomic E-state index is 13.4. The van der Waals surface area contributed by atoms with E-state index in [1.54, 1.807) is 35.7 Å². The molecule has 0 saturated carbocycles. The number of thiazole rings is 1. The number of nitrogens with zero attached hydrogens (tertiary/aromatic N) is 3. The van der Waals surface area contributed by atoms with Crippen LogP contribution in [-0.2, 0) is 23.0 Å². The average molecular weight is 516 g/mol. The van der Waals surface area contributed by atoms with E-state index in [1.165, 1.54) is 34.1 Å². The first kappa shape index (κ1) is 24.0. The number of benzene rings is 1. The summed E-state index contributed by atoms with van der Waals surface area (Å²) >= 11 is 2.78. The minimum absolute atomic E-state index is 0.141. The highest BCUT2D eigenvalue weighted by Gasteiger charge is 2.24. The van der Waals surface area contributed by atoms with Gasteiger partial charge >= 0.3 is 6.16 Å². The van der Waals surface area contributed by atoms with Crippen LogP contribution in [-0.4, -0.2) is 40.5 Å². The molecule has 34 heavy (non-hydrogen) atoms. The quantitative estimate of drug-likeness (QED) is 0.291. The van der Waals surface area contributed by atoms with Crippen molar-refractivity contribution in [1.82, 2.24) is 14.3 Å². The first-order chi connectivity index (χ1) is 16.4. The molecule has 0 bridgehead atoms. The summed E-state index contributed by atoms with van der Waals surface area (Å²) in [6.45, 7) is 0.506. The second-order valence-corrected chi connectivity index (χ2v) is 11.2. The Morgan fingerprint density at radius 1 is 1.09 bits per heavy atom. The van der Waals surface area contributed by atoms with Crippen molar-refractivity contribution < 1.29 is 23.1 Å². The second kappa shape index (κ2) is 10.9. The Hall–Kier alpha value is -3.12. The number of carboxylic acid groups (broad SMARTS) is 1. The summed E-state index contributed by atoms with van der Waals surface area (Å²) in [4.78, 5) is 20.0. The Labute approximate surface area is 205 Å². The van der Waals surface area contributed by atoms with Crippen LogP contribution < -0.4 is 4.74 Å². The van der Waals surface area contributed by atoms with Gasteiger partial charge in [0.1, 0.15) is 9.90 Å². The van der Waals surface area contributed by atoms with Gasteiger partial charge in [-0.2, -0.15) is 4.31 Å². The lowest BCUT2D eigenvalue weighted by atomic mass is 10.1. The second-order valence-electron chi connectivity index (χ2n) is 7.25. The van der Waals surface area contributed by atoms with Crippen molar-refractivity contribution in [3.05, 3.63) is 82.9 Å². The van der Waals surface area contributed by atoms with Gasteiger partial charge in [-0.1, -0.05) is 24.3 Å². The van der Waals surface area contributed by atoms with Crippen LogP contribution in [0.2, 0.25) is 0 Å². The Morgan fingerprint density at radius 3 is 2.59 bits per heavy atom. The molecule has 0 fully saturated rings. The van der Waals surface area contributed by atoms with Crippen LogP contribution in [0.3, 0.4) is 0 Å². The van der Waals surface area contributed by atoms with Crippen molar-refractivity contribution in [1.29, 1.82) is 0 Å². The van der Waals surface area contributed by atoms with E-state index < -0.39 is 16.2 Å². The van der Waals surface area contributed by atoms with E-state index in [1.807, 2.05) is 29.6 Å². The zero-order valence-electron chi connectivity index (χ0n) is 17.9. The number of hydrogen-bond acceptors (Lipinski definition) is 8. The predicted octanol–water partition coefficient (Wildman–Crippen LogP) is 5.15. The van der Waals surface area contributed by atoms with Crippen molar-refractivity contribution in [2.45, 2.75) is 24.3 Å². The Kier molecular flexibility index (Phi) is 7.68. The number of ether oxygens (including phenoxy) is 1. The van der Waals surface area contributed by atoms with Crippen LogP contribution >= 0.6 is 22.7 Å². The zero-order valence-corrected chi connectivity index (χ0v) is 20.4. The normalized spacial score (nSPS) is 11.6. The fraction of sp³-hybridized carbons (Fsp3) is 0.174. The lowest BCUT2D eigenvalue weighted by Crippen LogP contribution is -2.32. The molecule has 8 nitrogen and oxygen atoms in total. The third-order valence-corrected chi connectivity index (χ3v) is 8.59. The molecule has 0 unspecified atom stereocenters. The van der Waals surface area contributed by atoms with Gasteiger partial charge in [-0.3, -0.25) is 4.98 Å². The largest absolute Gasteiger partial charge is 0.512 e. The molecular weight excluding hydrogens is 494 g/mol. The number of rotatable bonds is 10. The van der Waals surface area contributed by atoms with Gasteiger partial charge < -0.3 is 9.84 Å². The van der Waals surface area contributed by atoms with E-state index in [4.69, 9.17) is 5.11 Å². The number of pyridine rings is 1. The van der Waals surface area contributed by atoms with Gasteiger partial charge in [0.05, 0.1) is 0 Å². The van der Waals surface area contributed by atoms with Gasteiger partial charge in [-0.25, -0.2) is 18.2 Å². The summed E-state index contributed by atoms with van der Waals surface area (Å²) in [6.07, 6.45) is 4.43. The fourth-order valence-electron chi connectivity index (χ4n) is 3.32. The number of sulfonamides is 1. The van der Waals surface area contributed by atoms with Gasteiger partial charge in [0.25, 0.3) is 0 Å². The number of aromatic nitrogens is 2. The molecule has 11 heteroatoms. The SMILES string of the molecule is O=C(O)Oc1ccc(CCCN(Cc2ccc(-c3nccs3)cc2)S(=O)(=O)c2cccnc2)s1. The molecule has 0 saturated heterocycles. The Bertz CT molecular complexity index is 1320. The predicted molar refractivity (Wildman–Crippen MR) is 131 cm³/mol. The first-order valence-corrected chi connectivity index (χ1v) is 13.4. The van der Waals surface area contributed by atoms with Crippen LogP contribution in [0.4, 0.5) is 4.79 Å². The topological polar surface area (TPSA) is 110 Å². The van der Waals surface area contributed by atoms with Crippen LogP contribution in [0.1, 0.15) is 16.9 Å². The lowest BCUT2D eigenvalue weighted by Gasteiger charge is -2.22. The third kappa shape index (κ3) is 6.06. The highest BCUT2D eigenvalue weighted by molar-refractivity contribution is 7.89. The van der Waals surface area contributed by atoms with E-state index in [0.717, 1.165) is 21.0 Å². The van der Waals surface area contributed by atoms with Gasteiger partial charge in [0.15, 0.2) is 5.06 Å². The third-order valence-electron chi connectivity index (χ3n) is 4.92. The molecule has 4 aromatic rings. The molecule has 0 aliphatic carbocycles. The maximum Gasteiger partial charge on any atom is 0.512 e. The monoisotopic (exact) mass is 515 g/mol. The summed E-state index contributed by atoms with van der Waals surface area (Å²) in [6, 6.07) is 14.2. The van der Waals surface area contributed by atoms with E-state index >= 15 is 0 Å². The van der Waals surface area contributed by atoms with Gasteiger partial charge in [0.2, 0.25) is 10.0 Å².